The molecule has 0 fully saturated rings. The summed E-state index contributed by atoms with van der Waals surface area (Å²) in [5.41, 5.74) is 3.89. The molecule has 2 nitrogen and oxygen atoms in total. The SMILES string of the molecule is CC(NN)c1ccccc1.Cl.Cl. The van der Waals surface area contributed by atoms with Gasteiger partial charge >= 0.3 is 0 Å². The minimum absolute atomic E-state index is 0. The minimum atomic E-state index is 0. The third-order valence-electron chi connectivity index (χ3n) is 1.55. The summed E-state index contributed by atoms with van der Waals surface area (Å²) < 4.78 is 0. The molecule has 0 aromatic heterocycles. The van der Waals surface area contributed by atoms with Crippen molar-refractivity contribution in [1.82, 2.24) is 5.43 Å². The molecule has 0 saturated carbocycles. The fraction of sp³-hybridized carbons (Fsp3) is 0.250. The van der Waals surface area contributed by atoms with Crippen LogP contribution in [-0.4, -0.2) is 0 Å². The zero-order valence-electron chi connectivity index (χ0n) is 6.86. The van der Waals surface area contributed by atoms with E-state index in [1.54, 1.807) is 0 Å². The molecule has 1 unspecified atom stereocenters. The molecule has 1 aromatic carbocycles. The van der Waals surface area contributed by atoms with E-state index < -0.39 is 0 Å². The molecule has 0 aliphatic heterocycles. The van der Waals surface area contributed by atoms with E-state index in [9.17, 15) is 0 Å². The molecule has 0 amide bonds. The Morgan fingerprint density at radius 1 is 1.17 bits per heavy atom. The molecule has 0 aliphatic rings. The lowest BCUT2D eigenvalue weighted by molar-refractivity contribution is 0.602. The van der Waals surface area contributed by atoms with Crippen LogP contribution in [-0.2, 0) is 0 Å². The number of nitrogens with one attached hydrogen (secondary N) is 1. The molecular weight excluding hydrogens is 195 g/mol. The molecule has 1 aromatic rings. The first-order valence-corrected chi connectivity index (χ1v) is 3.35. The van der Waals surface area contributed by atoms with Crippen LogP contribution in [0.25, 0.3) is 0 Å². The minimum Gasteiger partial charge on any atom is -0.271 e. The van der Waals surface area contributed by atoms with E-state index in [1.807, 2.05) is 37.3 Å². The summed E-state index contributed by atoms with van der Waals surface area (Å²) in [7, 11) is 0. The molecule has 1 atom stereocenters. The van der Waals surface area contributed by atoms with Crippen molar-refractivity contribution in [1.29, 1.82) is 0 Å². The van der Waals surface area contributed by atoms with Crippen LogP contribution < -0.4 is 11.3 Å². The lowest BCUT2D eigenvalue weighted by atomic mass is 10.1. The summed E-state index contributed by atoms with van der Waals surface area (Å²) in [6.45, 7) is 2.02. The number of hydrazine groups is 1. The van der Waals surface area contributed by atoms with Crippen LogP contribution in [0.2, 0.25) is 0 Å². The van der Waals surface area contributed by atoms with Crippen molar-refractivity contribution >= 4 is 24.8 Å². The summed E-state index contributed by atoms with van der Waals surface area (Å²) >= 11 is 0. The zero-order chi connectivity index (χ0) is 7.40. The van der Waals surface area contributed by atoms with Crippen molar-refractivity contribution in [3.8, 4) is 0 Å². The van der Waals surface area contributed by atoms with Gasteiger partial charge in [-0.2, -0.15) is 0 Å². The summed E-state index contributed by atoms with van der Waals surface area (Å²) in [6, 6.07) is 10.3. The van der Waals surface area contributed by atoms with Gasteiger partial charge in [0.1, 0.15) is 0 Å². The maximum atomic E-state index is 5.25. The second-order valence-corrected chi connectivity index (χ2v) is 2.30. The van der Waals surface area contributed by atoms with Gasteiger partial charge in [-0.25, -0.2) is 0 Å². The average Bonchev–Trinajstić information content (AvgIpc) is 2.05. The van der Waals surface area contributed by atoms with Gasteiger partial charge < -0.3 is 0 Å². The molecule has 0 spiro atoms. The van der Waals surface area contributed by atoms with E-state index in [1.165, 1.54) is 5.56 Å². The third-order valence-corrected chi connectivity index (χ3v) is 1.55. The van der Waals surface area contributed by atoms with Crippen molar-refractivity contribution < 1.29 is 0 Å². The van der Waals surface area contributed by atoms with E-state index >= 15 is 0 Å². The number of halogens is 2. The highest BCUT2D eigenvalue weighted by atomic mass is 35.5. The Hall–Kier alpha value is -0.280. The molecule has 4 heteroatoms. The molecule has 0 radical (unpaired) electrons. The van der Waals surface area contributed by atoms with Gasteiger partial charge in [0.25, 0.3) is 0 Å². The first-order chi connectivity index (χ1) is 4.84. The maximum absolute atomic E-state index is 5.25. The fourth-order valence-corrected chi connectivity index (χ4v) is 0.838. The van der Waals surface area contributed by atoms with Crippen molar-refractivity contribution in [2.45, 2.75) is 13.0 Å². The van der Waals surface area contributed by atoms with E-state index in [0.717, 1.165) is 0 Å². The number of hydrogen-bond donors (Lipinski definition) is 2. The van der Waals surface area contributed by atoms with Crippen LogP contribution in [0.3, 0.4) is 0 Å². The first-order valence-electron chi connectivity index (χ1n) is 3.35. The van der Waals surface area contributed by atoms with Crippen LogP contribution in [0.1, 0.15) is 18.5 Å². The standard InChI is InChI=1S/C8H12N2.2ClH/c1-7(10-9)8-5-3-2-4-6-8;;/h2-7,10H,9H2,1H3;2*1H. The number of nitrogens with two attached hydrogens (primary N) is 1. The van der Waals surface area contributed by atoms with Gasteiger partial charge in [0.15, 0.2) is 0 Å². The lowest BCUT2D eigenvalue weighted by Crippen LogP contribution is -2.25. The van der Waals surface area contributed by atoms with Crippen LogP contribution in [0.5, 0.6) is 0 Å². The maximum Gasteiger partial charge on any atom is 0.0431 e. The van der Waals surface area contributed by atoms with Gasteiger partial charge in [-0.15, -0.1) is 24.8 Å². The smallest absolute Gasteiger partial charge is 0.0431 e. The number of hydrogen-bond acceptors (Lipinski definition) is 2. The molecule has 0 aliphatic carbocycles. The molecule has 0 heterocycles. The van der Waals surface area contributed by atoms with Crippen molar-refractivity contribution in [2.24, 2.45) is 5.84 Å². The van der Waals surface area contributed by atoms with Gasteiger partial charge in [-0.1, -0.05) is 30.3 Å². The van der Waals surface area contributed by atoms with Crippen molar-refractivity contribution in [2.75, 3.05) is 0 Å². The molecule has 0 bridgehead atoms. The van der Waals surface area contributed by atoms with Gasteiger partial charge in [0.2, 0.25) is 0 Å². The largest absolute Gasteiger partial charge is 0.271 e. The number of rotatable bonds is 2. The summed E-state index contributed by atoms with van der Waals surface area (Å²) in [6.07, 6.45) is 0. The zero-order valence-corrected chi connectivity index (χ0v) is 8.49. The Labute approximate surface area is 85.3 Å². The second-order valence-electron chi connectivity index (χ2n) is 2.30. The van der Waals surface area contributed by atoms with E-state index in [4.69, 9.17) is 5.84 Å². The van der Waals surface area contributed by atoms with Crippen LogP contribution in [0.4, 0.5) is 0 Å². The Balaban J connectivity index is 0. The van der Waals surface area contributed by atoms with Crippen LogP contribution in [0, 0.1) is 0 Å². The average molecular weight is 209 g/mol. The topological polar surface area (TPSA) is 38.0 Å². The Kier molecular flexibility index (Phi) is 8.76. The highest BCUT2D eigenvalue weighted by Gasteiger charge is 1.98. The Morgan fingerprint density at radius 3 is 2.08 bits per heavy atom. The molecule has 70 valence electrons. The van der Waals surface area contributed by atoms with Crippen molar-refractivity contribution in [3.63, 3.8) is 0 Å². The summed E-state index contributed by atoms with van der Waals surface area (Å²) in [5.74, 6) is 5.25. The van der Waals surface area contributed by atoms with Gasteiger partial charge in [0, 0.05) is 6.04 Å². The van der Waals surface area contributed by atoms with Gasteiger partial charge in [0.05, 0.1) is 0 Å². The highest BCUT2D eigenvalue weighted by Crippen LogP contribution is 2.08. The monoisotopic (exact) mass is 208 g/mol. The predicted molar refractivity (Wildman–Crippen MR) is 56.7 cm³/mol. The first kappa shape index (κ1) is 14.3. The molecule has 3 N–H and O–H groups in total. The molecule has 12 heavy (non-hydrogen) atoms. The van der Waals surface area contributed by atoms with E-state index in [2.05, 4.69) is 5.43 Å². The molecular formula is C8H14Cl2N2. The summed E-state index contributed by atoms with van der Waals surface area (Å²) in [4.78, 5) is 0. The van der Waals surface area contributed by atoms with Gasteiger partial charge in [-0.05, 0) is 12.5 Å². The molecule has 0 saturated heterocycles. The second kappa shape index (κ2) is 7.37. The lowest BCUT2D eigenvalue weighted by Gasteiger charge is -2.08. The third kappa shape index (κ3) is 3.93. The van der Waals surface area contributed by atoms with Crippen molar-refractivity contribution in [3.05, 3.63) is 35.9 Å². The molecule has 1 rings (SSSR count). The normalized spacial score (nSPS) is 10.8. The summed E-state index contributed by atoms with van der Waals surface area (Å²) in [5, 5.41) is 0. The quantitative estimate of drug-likeness (QED) is 0.577. The van der Waals surface area contributed by atoms with Gasteiger partial charge in [-0.3, -0.25) is 11.3 Å². The predicted octanol–water partition coefficient (Wildman–Crippen LogP) is 2.05. The van der Waals surface area contributed by atoms with E-state index in [0.29, 0.717) is 0 Å². The Bertz CT molecular complexity index is 192. The highest BCUT2D eigenvalue weighted by molar-refractivity contribution is 5.85. The van der Waals surface area contributed by atoms with Crippen LogP contribution >= 0.6 is 24.8 Å². The fourth-order valence-electron chi connectivity index (χ4n) is 0.838. The Morgan fingerprint density at radius 2 is 1.67 bits per heavy atom. The van der Waals surface area contributed by atoms with Crippen LogP contribution in [0.15, 0.2) is 30.3 Å². The van der Waals surface area contributed by atoms with E-state index in [-0.39, 0.29) is 30.9 Å². The number of benzene rings is 1.